The van der Waals surface area contributed by atoms with Gasteiger partial charge in [0.25, 0.3) is 0 Å². The third-order valence-corrected chi connectivity index (χ3v) is 3.73. The van der Waals surface area contributed by atoms with Crippen molar-refractivity contribution >= 4 is 5.84 Å². The zero-order valence-corrected chi connectivity index (χ0v) is 10.8. The molecule has 106 valence electrons. The molecule has 0 radical (unpaired) electrons. The molecule has 1 aliphatic heterocycles. The Morgan fingerprint density at radius 3 is 2.56 bits per heavy atom. The highest BCUT2D eigenvalue weighted by molar-refractivity contribution is 5.80. The van der Waals surface area contributed by atoms with E-state index in [1.54, 1.807) is 4.90 Å². The van der Waals surface area contributed by atoms with Crippen LogP contribution in [0, 0.1) is 17.2 Å². The normalized spacial score (nSPS) is 24.6. The van der Waals surface area contributed by atoms with Gasteiger partial charge in [-0.05, 0) is 38.3 Å². The summed E-state index contributed by atoms with van der Waals surface area (Å²) in [6, 6.07) is 0. The number of alkyl halides is 3. The summed E-state index contributed by atoms with van der Waals surface area (Å²) in [6.07, 6.45) is -0.366. The van der Waals surface area contributed by atoms with Crippen LogP contribution in [0.1, 0.15) is 32.6 Å². The van der Waals surface area contributed by atoms with Gasteiger partial charge >= 0.3 is 6.18 Å². The monoisotopic (exact) mass is 265 g/mol. The van der Waals surface area contributed by atoms with Crippen molar-refractivity contribution in [2.24, 2.45) is 17.6 Å². The van der Waals surface area contributed by atoms with Gasteiger partial charge in [-0.1, -0.05) is 13.3 Å². The predicted molar refractivity (Wildman–Crippen MR) is 65.5 cm³/mol. The first-order chi connectivity index (χ1) is 8.34. The second-order valence-corrected chi connectivity index (χ2v) is 5.06. The summed E-state index contributed by atoms with van der Waals surface area (Å²) in [4.78, 5) is 1.80. The van der Waals surface area contributed by atoms with E-state index in [0.717, 1.165) is 25.7 Å². The van der Waals surface area contributed by atoms with E-state index < -0.39 is 17.9 Å². The van der Waals surface area contributed by atoms with Crippen LogP contribution in [0.2, 0.25) is 0 Å². The highest BCUT2D eigenvalue weighted by Gasteiger charge is 2.42. The fourth-order valence-corrected chi connectivity index (χ4v) is 2.45. The summed E-state index contributed by atoms with van der Waals surface area (Å²) in [5.74, 6) is -1.98. The Labute approximate surface area is 106 Å². The molecule has 0 spiro atoms. The average Bonchev–Trinajstić information content (AvgIpc) is 2.48. The first-order valence-corrected chi connectivity index (χ1v) is 6.47. The molecule has 3 N–H and O–H groups in total. The lowest BCUT2D eigenvalue weighted by atomic mass is 9.98. The van der Waals surface area contributed by atoms with Gasteiger partial charge in [0.05, 0.1) is 0 Å². The van der Waals surface area contributed by atoms with Crippen LogP contribution in [0.15, 0.2) is 0 Å². The highest BCUT2D eigenvalue weighted by Crippen LogP contribution is 2.28. The molecule has 6 heteroatoms. The lowest BCUT2D eigenvalue weighted by Gasteiger charge is -2.27. The molecule has 0 amide bonds. The van der Waals surface area contributed by atoms with Gasteiger partial charge in [-0.2, -0.15) is 13.2 Å². The maximum Gasteiger partial charge on any atom is 0.399 e. The van der Waals surface area contributed by atoms with E-state index in [0.29, 0.717) is 19.0 Å². The maximum atomic E-state index is 12.7. The van der Waals surface area contributed by atoms with Gasteiger partial charge in [-0.15, -0.1) is 0 Å². The van der Waals surface area contributed by atoms with Gasteiger partial charge < -0.3 is 10.6 Å². The van der Waals surface area contributed by atoms with E-state index in [-0.39, 0.29) is 6.54 Å². The molecule has 3 nitrogen and oxygen atoms in total. The molecule has 0 aromatic heterocycles. The molecule has 2 atom stereocenters. The number of nitrogens with one attached hydrogen (secondary N) is 1. The van der Waals surface area contributed by atoms with Crippen molar-refractivity contribution in [1.82, 2.24) is 4.90 Å². The Morgan fingerprint density at radius 2 is 2.06 bits per heavy atom. The lowest BCUT2D eigenvalue weighted by molar-refractivity contribution is -0.159. The molecular formula is C12H22F3N3. The highest BCUT2D eigenvalue weighted by atomic mass is 19.4. The quantitative estimate of drug-likeness (QED) is 0.606. The summed E-state index contributed by atoms with van der Waals surface area (Å²) in [5, 5.41) is 7.09. The van der Waals surface area contributed by atoms with Gasteiger partial charge in [-0.25, -0.2) is 0 Å². The van der Waals surface area contributed by atoms with E-state index in [2.05, 4.69) is 6.92 Å². The number of nitrogens with zero attached hydrogens (tertiary/aromatic N) is 1. The van der Waals surface area contributed by atoms with E-state index in [1.807, 2.05) is 0 Å². The largest absolute Gasteiger partial charge is 0.399 e. The molecule has 1 aliphatic rings. The molecule has 18 heavy (non-hydrogen) atoms. The van der Waals surface area contributed by atoms with Gasteiger partial charge in [0, 0.05) is 6.54 Å². The number of hydrogen-bond acceptors (Lipinski definition) is 2. The summed E-state index contributed by atoms with van der Waals surface area (Å²) in [7, 11) is 0. The molecule has 0 aromatic carbocycles. The molecule has 2 unspecified atom stereocenters. The summed E-state index contributed by atoms with van der Waals surface area (Å²) in [5.41, 5.74) is 5.07. The maximum absolute atomic E-state index is 12.7. The Hall–Kier alpha value is -0.780. The van der Waals surface area contributed by atoms with Crippen molar-refractivity contribution in [1.29, 1.82) is 5.41 Å². The van der Waals surface area contributed by atoms with E-state index >= 15 is 0 Å². The first kappa shape index (κ1) is 15.3. The second-order valence-electron chi connectivity index (χ2n) is 5.06. The standard InChI is InChI=1S/C12H22F3N3/c1-2-9-4-3-6-18(7-5-9)8-10(11(16)17)12(13,14)15/h9-10H,2-8H2,1H3,(H3,16,17). The fourth-order valence-electron chi connectivity index (χ4n) is 2.45. The number of rotatable bonds is 4. The molecule has 1 fully saturated rings. The molecule has 0 bridgehead atoms. The van der Waals surface area contributed by atoms with Gasteiger partial charge in [0.1, 0.15) is 11.8 Å². The predicted octanol–water partition coefficient (Wildman–Crippen LogP) is 2.61. The molecule has 1 rings (SSSR count). The second kappa shape index (κ2) is 6.41. The number of amidine groups is 1. The summed E-state index contributed by atoms with van der Waals surface area (Å²) >= 11 is 0. The molecular weight excluding hydrogens is 243 g/mol. The number of halogens is 3. The molecule has 0 aliphatic carbocycles. The van der Waals surface area contributed by atoms with Crippen LogP contribution in [0.4, 0.5) is 13.2 Å². The van der Waals surface area contributed by atoms with Crippen LogP contribution >= 0.6 is 0 Å². The number of likely N-dealkylation sites (tertiary alicyclic amines) is 1. The van der Waals surface area contributed by atoms with Crippen LogP contribution in [0.3, 0.4) is 0 Å². The minimum Gasteiger partial charge on any atom is -0.387 e. The molecule has 1 saturated heterocycles. The SMILES string of the molecule is CCC1CCCN(CC(C(=N)N)C(F)(F)F)CC1. The van der Waals surface area contributed by atoms with Crippen molar-refractivity contribution in [3.05, 3.63) is 0 Å². The van der Waals surface area contributed by atoms with Crippen molar-refractivity contribution in [2.45, 2.75) is 38.8 Å². The van der Waals surface area contributed by atoms with Crippen LogP contribution in [-0.2, 0) is 0 Å². The van der Waals surface area contributed by atoms with Gasteiger partial charge in [-0.3, -0.25) is 5.41 Å². The Kier molecular flexibility index (Phi) is 5.44. The van der Waals surface area contributed by atoms with Crippen LogP contribution in [0.25, 0.3) is 0 Å². The fraction of sp³-hybridized carbons (Fsp3) is 0.917. The van der Waals surface area contributed by atoms with E-state index in [1.165, 1.54) is 0 Å². The van der Waals surface area contributed by atoms with E-state index in [4.69, 9.17) is 11.1 Å². The zero-order valence-electron chi connectivity index (χ0n) is 10.8. The molecule has 1 heterocycles. The minimum absolute atomic E-state index is 0.171. The lowest BCUT2D eigenvalue weighted by Crippen LogP contribution is -2.44. The average molecular weight is 265 g/mol. The van der Waals surface area contributed by atoms with Crippen molar-refractivity contribution in [3.63, 3.8) is 0 Å². The Morgan fingerprint density at radius 1 is 1.39 bits per heavy atom. The number of nitrogens with two attached hydrogens (primary N) is 1. The number of hydrogen-bond donors (Lipinski definition) is 2. The van der Waals surface area contributed by atoms with Crippen molar-refractivity contribution in [2.75, 3.05) is 19.6 Å². The van der Waals surface area contributed by atoms with Gasteiger partial charge in [0.2, 0.25) is 0 Å². The third-order valence-electron chi connectivity index (χ3n) is 3.73. The molecule has 0 aromatic rings. The van der Waals surface area contributed by atoms with E-state index in [9.17, 15) is 13.2 Å². The first-order valence-electron chi connectivity index (χ1n) is 6.47. The Bertz CT molecular complexity index is 278. The summed E-state index contributed by atoms with van der Waals surface area (Å²) < 4.78 is 38.2. The van der Waals surface area contributed by atoms with Crippen LogP contribution in [-0.4, -0.2) is 36.5 Å². The van der Waals surface area contributed by atoms with Crippen LogP contribution in [0.5, 0.6) is 0 Å². The minimum atomic E-state index is -4.41. The van der Waals surface area contributed by atoms with Gasteiger partial charge in [0.15, 0.2) is 0 Å². The van der Waals surface area contributed by atoms with Crippen molar-refractivity contribution in [3.8, 4) is 0 Å². The van der Waals surface area contributed by atoms with Crippen molar-refractivity contribution < 1.29 is 13.2 Å². The Balaban J connectivity index is 2.57. The zero-order chi connectivity index (χ0) is 13.8. The third kappa shape index (κ3) is 4.48. The topological polar surface area (TPSA) is 53.1 Å². The summed E-state index contributed by atoms with van der Waals surface area (Å²) in [6.45, 7) is 3.30. The molecule has 0 saturated carbocycles. The smallest absolute Gasteiger partial charge is 0.387 e. The van der Waals surface area contributed by atoms with Crippen LogP contribution < -0.4 is 5.73 Å².